The number of piperazine rings is 1. The van der Waals surface area contributed by atoms with Crippen LogP contribution in [0, 0.1) is 6.92 Å². The number of nitrogens with zero attached hydrogens (tertiary/aromatic N) is 3. The van der Waals surface area contributed by atoms with E-state index in [9.17, 15) is 0 Å². The van der Waals surface area contributed by atoms with Crippen LogP contribution in [-0.4, -0.2) is 41.6 Å². The van der Waals surface area contributed by atoms with Crippen molar-refractivity contribution in [2.45, 2.75) is 38.8 Å². The normalized spacial score (nSPS) is 28.5. The third-order valence-corrected chi connectivity index (χ3v) is 4.75. The molecule has 4 heteroatoms. The van der Waals surface area contributed by atoms with Crippen molar-refractivity contribution in [3.05, 3.63) is 22.3 Å². The highest BCUT2D eigenvalue weighted by atomic mass is 79.9. The lowest BCUT2D eigenvalue weighted by molar-refractivity contribution is 0.202. The van der Waals surface area contributed by atoms with E-state index >= 15 is 0 Å². The van der Waals surface area contributed by atoms with Crippen LogP contribution in [0.15, 0.2) is 16.7 Å². The van der Waals surface area contributed by atoms with Crippen LogP contribution in [0.3, 0.4) is 0 Å². The van der Waals surface area contributed by atoms with Crippen LogP contribution in [0.5, 0.6) is 0 Å². The van der Waals surface area contributed by atoms with E-state index in [1.165, 1.54) is 31.5 Å². The summed E-state index contributed by atoms with van der Waals surface area (Å²) in [5.41, 5.74) is 1.21. The lowest BCUT2D eigenvalue weighted by Crippen LogP contribution is -2.55. The highest BCUT2D eigenvalue weighted by Gasteiger charge is 2.35. The molecular formula is C14H20BrN3. The Balaban J connectivity index is 1.86. The predicted octanol–water partition coefficient (Wildman–Crippen LogP) is 2.83. The van der Waals surface area contributed by atoms with Crippen molar-refractivity contribution in [3.63, 3.8) is 0 Å². The van der Waals surface area contributed by atoms with Crippen LogP contribution in [0.4, 0.5) is 5.82 Å². The number of anilines is 1. The van der Waals surface area contributed by atoms with Crippen molar-refractivity contribution in [2.75, 3.05) is 24.5 Å². The van der Waals surface area contributed by atoms with Crippen LogP contribution in [0.25, 0.3) is 0 Å². The summed E-state index contributed by atoms with van der Waals surface area (Å²) in [6, 6.07) is 3.44. The van der Waals surface area contributed by atoms with Crippen molar-refractivity contribution in [1.82, 2.24) is 9.88 Å². The molecule has 2 saturated heterocycles. The van der Waals surface area contributed by atoms with Gasteiger partial charge in [0.2, 0.25) is 0 Å². The van der Waals surface area contributed by atoms with Crippen molar-refractivity contribution in [2.24, 2.45) is 0 Å². The molecule has 18 heavy (non-hydrogen) atoms. The van der Waals surface area contributed by atoms with Gasteiger partial charge in [-0.05, 0) is 60.8 Å². The van der Waals surface area contributed by atoms with Crippen LogP contribution in [0.2, 0.25) is 0 Å². The minimum Gasteiger partial charge on any atom is -0.350 e. The van der Waals surface area contributed by atoms with Gasteiger partial charge in [-0.2, -0.15) is 0 Å². The topological polar surface area (TPSA) is 19.4 Å². The van der Waals surface area contributed by atoms with Gasteiger partial charge in [-0.25, -0.2) is 4.98 Å². The molecule has 98 valence electrons. The molecule has 0 aliphatic carbocycles. The van der Waals surface area contributed by atoms with E-state index in [0.29, 0.717) is 6.04 Å². The summed E-state index contributed by atoms with van der Waals surface area (Å²) in [4.78, 5) is 9.74. The second-order valence-corrected chi connectivity index (χ2v) is 6.46. The fourth-order valence-electron chi connectivity index (χ4n) is 3.22. The molecule has 0 N–H and O–H groups in total. The zero-order valence-electron chi connectivity index (χ0n) is 11.1. The molecule has 2 aliphatic heterocycles. The Hall–Kier alpha value is -0.610. The first kappa shape index (κ1) is 12.4. The number of fused-ring (bicyclic) bond motifs is 1. The van der Waals surface area contributed by atoms with Gasteiger partial charge in [-0.3, -0.25) is 4.90 Å². The molecule has 1 aromatic rings. The van der Waals surface area contributed by atoms with E-state index in [2.05, 4.69) is 50.6 Å². The number of hydrogen-bond acceptors (Lipinski definition) is 3. The van der Waals surface area contributed by atoms with Gasteiger partial charge in [-0.1, -0.05) is 0 Å². The molecule has 0 radical (unpaired) electrons. The lowest BCUT2D eigenvalue weighted by atomic mass is 10.1. The molecular weight excluding hydrogens is 290 g/mol. The zero-order chi connectivity index (χ0) is 12.7. The maximum atomic E-state index is 4.63. The zero-order valence-corrected chi connectivity index (χ0v) is 12.7. The van der Waals surface area contributed by atoms with Gasteiger partial charge in [-0.15, -0.1) is 0 Å². The van der Waals surface area contributed by atoms with Gasteiger partial charge >= 0.3 is 0 Å². The molecule has 1 aromatic heterocycles. The minimum absolute atomic E-state index is 0.547. The molecule has 2 unspecified atom stereocenters. The fraction of sp³-hybridized carbons (Fsp3) is 0.643. The van der Waals surface area contributed by atoms with Crippen LogP contribution >= 0.6 is 15.9 Å². The third-order valence-electron chi connectivity index (χ3n) is 4.17. The monoisotopic (exact) mass is 309 g/mol. The van der Waals surface area contributed by atoms with Crippen molar-refractivity contribution in [3.8, 4) is 0 Å². The summed E-state index contributed by atoms with van der Waals surface area (Å²) in [6.07, 6.45) is 4.66. The SMILES string of the molecule is Cc1cnc(N2CC3CCCN3CC2C)c(Br)c1. The van der Waals surface area contributed by atoms with Gasteiger partial charge in [0.05, 0.1) is 4.47 Å². The molecule has 3 heterocycles. The summed E-state index contributed by atoms with van der Waals surface area (Å²) >= 11 is 3.66. The maximum absolute atomic E-state index is 4.63. The molecule has 0 amide bonds. The molecule has 2 aliphatic rings. The molecule has 3 nitrogen and oxygen atoms in total. The Morgan fingerprint density at radius 1 is 1.39 bits per heavy atom. The minimum atomic E-state index is 0.547. The molecule has 2 fully saturated rings. The lowest BCUT2D eigenvalue weighted by Gasteiger charge is -2.43. The first-order valence-electron chi connectivity index (χ1n) is 6.78. The van der Waals surface area contributed by atoms with Gasteiger partial charge in [0.15, 0.2) is 0 Å². The van der Waals surface area contributed by atoms with Crippen LogP contribution in [0.1, 0.15) is 25.3 Å². The Bertz CT molecular complexity index is 449. The summed E-state index contributed by atoms with van der Waals surface area (Å²) in [6.45, 7) is 7.97. The standard InChI is InChI=1S/C14H20BrN3/c1-10-6-13(15)14(16-7-10)18-9-12-4-3-5-17(12)8-11(18)2/h6-7,11-12H,3-5,8-9H2,1-2H3. The van der Waals surface area contributed by atoms with Crippen molar-refractivity contribution >= 4 is 21.7 Å². The molecule has 3 rings (SSSR count). The third kappa shape index (κ3) is 2.16. The Morgan fingerprint density at radius 2 is 2.22 bits per heavy atom. The number of hydrogen-bond donors (Lipinski definition) is 0. The number of rotatable bonds is 1. The highest BCUT2D eigenvalue weighted by molar-refractivity contribution is 9.10. The largest absolute Gasteiger partial charge is 0.350 e. The van der Waals surface area contributed by atoms with E-state index in [1.54, 1.807) is 0 Å². The second-order valence-electron chi connectivity index (χ2n) is 5.61. The molecule has 0 aromatic carbocycles. The average molecular weight is 310 g/mol. The Kier molecular flexibility index (Phi) is 3.32. The van der Waals surface area contributed by atoms with Gasteiger partial charge < -0.3 is 4.90 Å². The summed E-state index contributed by atoms with van der Waals surface area (Å²) in [5, 5.41) is 0. The molecule has 0 bridgehead atoms. The highest BCUT2D eigenvalue weighted by Crippen LogP contribution is 2.31. The van der Waals surface area contributed by atoms with Crippen molar-refractivity contribution < 1.29 is 0 Å². The van der Waals surface area contributed by atoms with E-state index in [-0.39, 0.29) is 0 Å². The first-order valence-corrected chi connectivity index (χ1v) is 7.57. The fourth-order valence-corrected chi connectivity index (χ4v) is 3.91. The maximum Gasteiger partial charge on any atom is 0.143 e. The van der Waals surface area contributed by atoms with E-state index < -0.39 is 0 Å². The number of aryl methyl sites for hydroxylation is 1. The number of aromatic nitrogens is 1. The Morgan fingerprint density at radius 3 is 3.00 bits per heavy atom. The van der Waals surface area contributed by atoms with E-state index in [4.69, 9.17) is 0 Å². The smallest absolute Gasteiger partial charge is 0.143 e. The summed E-state index contributed by atoms with van der Waals surface area (Å²) in [7, 11) is 0. The predicted molar refractivity (Wildman–Crippen MR) is 78.1 cm³/mol. The second kappa shape index (κ2) is 4.82. The molecule has 0 saturated carbocycles. The molecule has 2 atom stereocenters. The van der Waals surface area contributed by atoms with Gasteiger partial charge in [0, 0.05) is 31.4 Å². The molecule has 0 spiro atoms. The van der Waals surface area contributed by atoms with Crippen molar-refractivity contribution in [1.29, 1.82) is 0 Å². The van der Waals surface area contributed by atoms with E-state index in [1.807, 2.05) is 6.20 Å². The first-order chi connectivity index (χ1) is 8.65. The van der Waals surface area contributed by atoms with Gasteiger partial charge in [0.1, 0.15) is 5.82 Å². The quantitative estimate of drug-likeness (QED) is 0.795. The van der Waals surface area contributed by atoms with Crippen LogP contribution in [-0.2, 0) is 0 Å². The summed E-state index contributed by atoms with van der Waals surface area (Å²) < 4.78 is 1.13. The Labute approximate surface area is 117 Å². The number of halogens is 1. The summed E-state index contributed by atoms with van der Waals surface area (Å²) in [5.74, 6) is 1.11. The van der Waals surface area contributed by atoms with Gasteiger partial charge in [0.25, 0.3) is 0 Å². The average Bonchev–Trinajstić information content (AvgIpc) is 2.75. The number of pyridine rings is 1. The van der Waals surface area contributed by atoms with Crippen LogP contribution < -0.4 is 4.90 Å². The van der Waals surface area contributed by atoms with E-state index in [0.717, 1.165) is 22.9 Å².